The van der Waals surface area contributed by atoms with Gasteiger partial charge in [0, 0.05) is 25.3 Å². The molecule has 0 radical (unpaired) electrons. The summed E-state index contributed by atoms with van der Waals surface area (Å²) >= 11 is 0. The van der Waals surface area contributed by atoms with Crippen LogP contribution < -0.4 is 5.32 Å². The first-order valence-electron chi connectivity index (χ1n) is 7.13. The molecular weight excluding hydrogens is 238 g/mol. The molecule has 2 atom stereocenters. The highest BCUT2D eigenvalue weighted by atomic mass is 16.2. The van der Waals surface area contributed by atoms with Crippen molar-refractivity contribution in [3.05, 3.63) is 23.9 Å². The minimum Gasteiger partial charge on any atom is -0.369 e. The van der Waals surface area contributed by atoms with Gasteiger partial charge in [-0.15, -0.1) is 0 Å². The minimum absolute atomic E-state index is 0.101. The molecule has 2 unspecified atom stereocenters. The molecule has 1 aliphatic heterocycles. The van der Waals surface area contributed by atoms with Crippen LogP contribution >= 0.6 is 0 Å². The number of aromatic nitrogens is 1. The number of carbonyl (C=O) groups excluding carboxylic acids is 1. The second-order valence-corrected chi connectivity index (χ2v) is 5.47. The van der Waals surface area contributed by atoms with Crippen LogP contribution in [-0.2, 0) is 0 Å². The molecule has 19 heavy (non-hydrogen) atoms. The third-order valence-corrected chi connectivity index (χ3v) is 3.63. The third kappa shape index (κ3) is 3.06. The average Bonchev–Trinajstić information content (AvgIpc) is 2.75. The fourth-order valence-corrected chi connectivity index (χ4v) is 2.70. The Balaban J connectivity index is 2.19. The number of amides is 1. The molecule has 1 fully saturated rings. The van der Waals surface area contributed by atoms with Gasteiger partial charge < -0.3 is 10.2 Å². The zero-order valence-corrected chi connectivity index (χ0v) is 12.0. The van der Waals surface area contributed by atoms with Crippen molar-refractivity contribution in [2.75, 3.05) is 18.4 Å². The maximum atomic E-state index is 12.6. The summed E-state index contributed by atoms with van der Waals surface area (Å²) in [5, 5.41) is 3.23. The molecule has 1 aromatic heterocycles. The van der Waals surface area contributed by atoms with Crippen LogP contribution in [0.3, 0.4) is 0 Å². The van der Waals surface area contributed by atoms with Gasteiger partial charge in [-0.25, -0.2) is 4.98 Å². The van der Waals surface area contributed by atoms with Crippen LogP contribution in [0.5, 0.6) is 0 Å². The lowest BCUT2D eigenvalue weighted by Crippen LogP contribution is -2.34. The van der Waals surface area contributed by atoms with Gasteiger partial charge in [-0.1, -0.05) is 13.8 Å². The van der Waals surface area contributed by atoms with Crippen molar-refractivity contribution in [1.29, 1.82) is 0 Å². The summed E-state index contributed by atoms with van der Waals surface area (Å²) in [5.41, 5.74) is 0.692. The summed E-state index contributed by atoms with van der Waals surface area (Å²) in [5.74, 6) is 1.40. The number of hydrogen-bond donors (Lipinski definition) is 1. The van der Waals surface area contributed by atoms with Gasteiger partial charge >= 0.3 is 0 Å². The van der Waals surface area contributed by atoms with E-state index in [1.807, 2.05) is 17.0 Å². The van der Waals surface area contributed by atoms with Crippen LogP contribution in [0.15, 0.2) is 18.3 Å². The van der Waals surface area contributed by atoms with Crippen LogP contribution in [0.25, 0.3) is 0 Å². The van der Waals surface area contributed by atoms with Crippen molar-refractivity contribution in [2.24, 2.45) is 5.92 Å². The summed E-state index contributed by atoms with van der Waals surface area (Å²) < 4.78 is 0. The van der Waals surface area contributed by atoms with Crippen molar-refractivity contribution >= 4 is 11.7 Å². The van der Waals surface area contributed by atoms with Gasteiger partial charge in [-0.05, 0) is 37.8 Å². The maximum Gasteiger partial charge on any atom is 0.257 e. The lowest BCUT2D eigenvalue weighted by atomic mass is 10.1. The van der Waals surface area contributed by atoms with Crippen molar-refractivity contribution in [3.8, 4) is 0 Å². The average molecular weight is 261 g/mol. The molecule has 0 bridgehead atoms. The Hall–Kier alpha value is -1.58. The lowest BCUT2D eigenvalue weighted by molar-refractivity contribution is 0.0744. The molecule has 1 N–H and O–H groups in total. The molecule has 1 saturated heterocycles. The standard InChI is InChI=1S/C15H23N3O/c1-4-7-16-14-13(6-5-8-17-14)15(19)18-10-11(2)9-12(18)3/h5-6,8,11-12H,4,7,9-10H2,1-3H3,(H,16,17). The normalized spacial score (nSPS) is 22.6. The molecule has 0 aliphatic carbocycles. The summed E-state index contributed by atoms with van der Waals surface area (Å²) in [4.78, 5) is 18.9. The summed E-state index contributed by atoms with van der Waals surface area (Å²) in [6.45, 7) is 8.10. The molecule has 1 amide bonds. The van der Waals surface area contributed by atoms with E-state index in [0.717, 1.165) is 25.9 Å². The van der Waals surface area contributed by atoms with Crippen molar-refractivity contribution < 1.29 is 4.79 Å². The summed E-state index contributed by atoms with van der Waals surface area (Å²) in [6, 6.07) is 4.01. The summed E-state index contributed by atoms with van der Waals surface area (Å²) in [7, 11) is 0. The fraction of sp³-hybridized carbons (Fsp3) is 0.600. The first-order chi connectivity index (χ1) is 9.13. The van der Waals surface area contributed by atoms with Crippen LogP contribution in [0.4, 0.5) is 5.82 Å². The Morgan fingerprint density at radius 3 is 2.95 bits per heavy atom. The zero-order chi connectivity index (χ0) is 13.8. The minimum atomic E-state index is 0.101. The van der Waals surface area contributed by atoms with E-state index in [1.165, 1.54) is 0 Å². The highest BCUT2D eigenvalue weighted by Gasteiger charge is 2.31. The Morgan fingerprint density at radius 1 is 1.53 bits per heavy atom. The van der Waals surface area contributed by atoms with E-state index in [1.54, 1.807) is 6.20 Å². The highest BCUT2D eigenvalue weighted by Crippen LogP contribution is 2.25. The molecule has 0 aromatic carbocycles. The first kappa shape index (κ1) is 13.8. The molecule has 1 aromatic rings. The van der Waals surface area contributed by atoms with Crippen molar-refractivity contribution in [2.45, 2.75) is 39.7 Å². The van der Waals surface area contributed by atoms with Crippen molar-refractivity contribution in [3.63, 3.8) is 0 Å². The highest BCUT2D eigenvalue weighted by molar-refractivity contribution is 5.99. The summed E-state index contributed by atoms with van der Waals surface area (Å²) in [6.07, 6.45) is 3.83. The molecule has 4 heteroatoms. The molecule has 2 heterocycles. The number of carbonyl (C=O) groups is 1. The monoisotopic (exact) mass is 261 g/mol. The fourth-order valence-electron chi connectivity index (χ4n) is 2.70. The molecule has 0 saturated carbocycles. The third-order valence-electron chi connectivity index (χ3n) is 3.63. The van der Waals surface area contributed by atoms with Gasteiger partial charge in [-0.2, -0.15) is 0 Å². The predicted molar refractivity (Wildman–Crippen MR) is 77.3 cm³/mol. The Kier molecular flexibility index (Phi) is 4.40. The molecule has 2 rings (SSSR count). The van der Waals surface area contributed by atoms with Crippen molar-refractivity contribution in [1.82, 2.24) is 9.88 Å². The number of pyridine rings is 1. The lowest BCUT2D eigenvalue weighted by Gasteiger charge is -2.22. The maximum absolute atomic E-state index is 12.6. The number of anilines is 1. The van der Waals surface area contributed by atoms with Gasteiger partial charge in [-0.3, -0.25) is 4.79 Å². The van der Waals surface area contributed by atoms with E-state index in [9.17, 15) is 4.79 Å². The largest absolute Gasteiger partial charge is 0.369 e. The van der Waals surface area contributed by atoms with Crippen LogP contribution in [0, 0.1) is 5.92 Å². The van der Waals surface area contributed by atoms with Gasteiger partial charge in [0.05, 0.1) is 5.56 Å². The first-order valence-corrected chi connectivity index (χ1v) is 7.13. The second-order valence-electron chi connectivity index (χ2n) is 5.47. The predicted octanol–water partition coefficient (Wildman–Crippen LogP) is 2.77. The molecule has 0 spiro atoms. The van der Waals surface area contributed by atoms with Crippen LogP contribution in [0.1, 0.15) is 44.0 Å². The molecule has 1 aliphatic rings. The van der Waals surface area contributed by atoms with Gasteiger partial charge in [0.15, 0.2) is 0 Å². The van der Waals surface area contributed by atoms with E-state index >= 15 is 0 Å². The number of nitrogens with one attached hydrogen (secondary N) is 1. The smallest absolute Gasteiger partial charge is 0.257 e. The number of rotatable bonds is 4. The van der Waals surface area contributed by atoms with Crippen LogP contribution in [0.2, 0.25) is 0 Å². The molecule has 104 valence electrons. The van der Waals surface area contributed by atoms with E-state index in [0.29, 0.717) is 23.3 Å². The Labute approximate surface area is 115 Å². The van der Waals surface area contributed by atoms with Gasteiger partial charge in [0.2, 0.25) is 0 Å². The Morgan fingerprint density at radius 2 is 2.32 bits per heavy atom. The zero-order valence-electron chi connectivity index (χ0n) is 12.0. The van der Waals surface area contributed by atoms with Gasteiger partial charge in [0.1, 0.15) is 5.82 Å². The van der Waals surface area contributed by atoms with E-state index in [-0.39, 0.29) is 5.91 Å². The number of nitrogens with zero attached hydrogens (tertiary/aromatic N) is 2. The molecular formula is C15H23N3O. The quantitative estimate of drug-likeness (QED) is 0.906. The van der Waals surface area contributed by atoms with E-state index < -0.39 is 0 Å². The van der Waals surface area contributed by atoms with Gasteiger partial charge in [0.25, 0.3) is 5.91 Å². The SMILES string of the molecule is CCCNc1ncccc1C(=O)N1CC(C)CC1C. The topological polar surface area (TPSA) is 45.2 Å². The second kappa shape index (κ2) is 6.04. The van der Waals surface area contributed by atoms with E-state index in [2.05, 4.69) is 31.1 Å². The Bertz CT molecular complexity index is 447. The van der Waals surface area contributed by atoms with E-state index in [4.69, 9.17) is 0 Å². The number of likely N-dealkylation sites (tertiary alicyclic amines) is 1. The number of hydrogen-bond acceptors (Lipinski definition) is 3. The van der Waals surface area contributed by atoms with Crippen LogP contribution in [-0.4, -0.2) is 34.9 Å². The molecule has 4 nitrogen and oxygen atoms in total.